The van der Waals surface area contributed by atoms with Gasteiger partial charge in [-0.15, -0.1) is 0 Å². The zero-order valence-electron chi connectivity index (χ0n) is 23.1. The van der Waals surface area contributed by atoms with Crippen LogP contribution >= 0.6 is 0 Å². The number of carboxylic acid groups (broad SMARTS) is 1. The maximum absolute atomic E-state index is 13.0. The van der Waals surface area contributed by atoms with Gasteiger partial charge in [-0.3, -0.25) is 14.5 Å². The molecule has 0 radical (unpaired) electrons. The van der Waals surface area contributed by atoms with Gasteiger partial charge in [-0.25, -0.2) is 4.79 Å². The summed E-state index contributed by atoms with van der Waals surface area (Å²) in [5, 5.41) is 14.8. The van der Waals surface area contributed by atoms with Crippen molar-refractivity contribution in [3.05, 3.63) is 95.6 Å². The average molecular weight is 556 g/mol. The van der Waals surface area contributed by atoms with Gasteiger partial charge in [0.25, 0.3) is 0 Å². The van der Waals surface area contributed by atoms with Crippen LogP contribution in [0.2, 0.25) is 0 Å². The number of hydrogen-bond acceptors (Lipinski definition) is 5. The number of nitrogens with one attached hydrogen (secondary N) is 2. The molecule has 2 amide bonds. The number of fused-ring (bicyclic) bond motifs is 3. The maximum atomic E-state index is 13.0. The number of hydrogen-bond donors (Lipinski definition) is 3. The second-order valence-corrected chi connectivity index (χ2v) is 10.9. The van der Waals surface area contributed by atoms with Crippen molar-refractivity contribution in [1.29, 1.82) is 0 Å². The molecule has 1 saturated heterocycles. The van der Waals surface area contributed by atoms with Crippen LogP contribution in [0.4, 0.5) is 4.79 Å². The number of ether oxygens (including phenoxy) is 1. The molecule has 0 saturated carbocycles. The Labute approximate surface area is 240 Å². The SMILES string of the molecule is O=C(O)CC(NC(=O)OCC1c2ccccc2-c2ccccc21)C(=O)NCC1CCCCN(Cc2ccccc2)C1. The van der Waals surface area contributed by atoms with Crippen LogP contribution in [0.3, 0.4) is 0 Å². The minimum atomic E-state index is -1.23. The molecule has 214 valence electrons. The first-order chi connectivity index (χ1) is 20.0. The fourth-order valence-electron chi connectivity index (χ4n) is 6.00. The highest BCUT2D eigenvalue weighted by molar-refractivity contribution is 5.89. The third kappa shape index (κ3) is 7.32. The van der Waals surface area contributed by atoms with Gasteiger partial charge in [0.1, 0.15) is 12.6 Å². The van der Waals surface area contributed by atoms with Crippen molar-refractivity contribution >= 4 is 18.0 Å². The van der Waals surface area contributed by atoms with E-state index in [0.29, 0.717) is 6.54 Å². The number of alkyl carbamates (subject to hydrolysis) is 1. The Morgan fingerprint density at radius 1 is 0.902 bits per heavy atom. The number of carbonyl (C=O) groups is 3. The molecule has 5 rings (SSSR count). The molecule has 1 aliphatic heterocycles. The van der Waals surface area contributed by atoms with Crippen molar-refractivity contribution in [2.45, 2.75) is 44.2 Å². The summed E-state index contributed by atoms with van der Waals surface area (Å²) in [5.74, 6) is -1.58. The van der Waals surface area contributed by atoms with Crippen molar-refractivity contribution in [3.8, 4) is 11.1 Å². The van der Waals surface area contributed by atoms with Crippen molar-refractivity contribution in [2.24, 2.45) is 5.92 Å². The van der Waals surface area contributed by atoms with Gasteiger partial charge >= 0.3 is 12.1 Å². The van der Waals surface area contributed by atoms with E-state index in [0.717, 1.165) is 61.2 Å². The van der Waals surface area contributed by atoms with Gasteiger partial charge in [0.2, 0.25) is 5.91 Å². The molecule has 0 aromatic heterocycles. The summed E-state index contributed by atoms with van der Waals surface area (Å²) in [6.45, 7) is 3.21. The molecule has 2 atom stereocenters. The molecule has 41 heavy (non-hydrogen) atoms. The van der Waals surface area contributed by atoms with Crippen LogP contribution in [-0.4, -0.2) is 60.3 Å². The van der Waals surface area contributed by atoms with Gasteiger partial charge in [-0.2, -0.15) is 0 Å². The van der Waals surface area contributed by atoms with Crippen molar-refractivity contribution in [1.82, 2.24) is 15.5 Å². The molecule has 3 aromatic carbocycles. The highest BCUT2D eigenvalue weighted by atomic mass is 16.5. The predicted octanol–water partition coefficient (Wildman–Crippen LogP) is 4.79. The lowest BCUT2D eigenvalue weighted by atomic mass is 9.98. The van der Waals surface area contributed by atoms with E-state index < -0.39 is 30.4 Å². The Hall–Kier alpha value is -4.17. The third-order valence-corrected chi connectivity index (χ3v) is 8.00. The van der Waals surface area contributed by atoms with Crippen LogP contribution in [0, 0.1) is 5.92 Å². The molecule has 3 N–H and O–H groups in total. The minimum absolute atomic E-state index is 0.0839. The monoisotopic (exact) mass is 555 g/mol. The van der Waals surface area contributed by atoms with Gasteiger partial charge in [0.05, 0.1) is 6.42 Å². The average Bonchev–Trinajstić information content (AvgIpc) is 3.12. The fraction of sp³-hybridized carbons (Fsp3) is 0.364. The second kappa shape index (κ2) is 13.5. The zero-order chi connectivity index (χ0) is 28.6. The van der Waals surface area contributed by atoms with Gasteiger partial charge in [0.15, 0.2) is 0 Å². The third-order valence-electron chi connectivity index (χ3n) is 8.00. The molecule has 3 aromatic rings. The Balaban J connectivity index is 1.15. The highest BCUT2D eigenvalue weighted by Gasteiger charge is 2.30. The molecule has 2 unspecified atom stereocenters. The molecule has 8 heteroatoms. The fourth-order valence-corrected chi connectivity index (χ4v) is 6.00. The number of aliphatic carboxylic acids is 1. The van der Waals surface area contributed by atoms with Crippen molar-refractivity contribution in [3.63, 3.8) is 0 Å². The van der Waals surface area contributed by atoms with Gasteiger partial charge in [-0.05, 0) is 53.1 Å². The Morgan fingerprint density at radius 3 is 2.24 bits per heavy atom. The summed E-state index contributed by atoms with van der Waals surface area (Å²) >= 11 is 0. The molecule has 0 bridgehead atoms. The van der Waals surface area contributed by atoms with Crippen LogP contribution in [0.5, 0.6) is 0 Å². The van der Waals surface area contributed by atoms with E-state index in [2.05, 4.69) is 39.8 Å². The lowest BCUT2D eigenvalue weighted by Crippen LogP contribution is -2.49. The zero-order valence-corrected chi connectivity index (χ0v) is 23.1. The van der Waals surface area contributed by atoms with Crippen LogP contribution in [0.15, 0.2) is 78.9 Å². The van der Waals surface area contributed by atoms with E-state index in [-0.39, 0.29) is 18.4 Å². The molecular formula is C33H37N3O5. The number of nitrogens with zero attached hydrogens (tertiary/aromatic N) is 1. The van der Waals surface area contributed by atoms with Gasteiger partial charge in [0, 0.05) is 25.6 Å². The predicted molar refractivity (Wildman–Crippen MR) is 156 cm³/mol. The molecule has 8 nitrogen and oxygen atoms in total. The van der Waals surface area contributed by atoms with Gasteiger partial charge < -0.3 is 20.5 Å². The minimum Gasteiger partial charge on any atom is -0.481 e. The normalized spacial score (nSPS) is 17.5. The largest absolute Gasteiger partial charge is 0.481 e. The summed E-state index contributed by atoms with van der Waals surface area (Å²) in [6.07, 6.45) is 1.82. The number of carbonyl (C=O) groups excluding carboxylic acids is 2. The Morgan fingerprint density at radius 2 is 1.56 bits per heavy atom. The van der Waals surface area contributed by atoms with E-state index in [1.165, 1.54) is 5.56 Å². The summed E-state index contributed by atoms with van der Waals surface area (Å²) in [6, 6.07) is 25.1. The summed E-state index contributed by atoms with van der Waals surface area (Å²) in [4.78, 5) is 39.8. The van der Waals surface area contributed by atoms with Crippen LogP contribution < -0.4 is 10.6 Å². The van der Waals surface area contributed by atoms with E-state index in [4.69, 9.17) is 4.74 Å². The number of rotatable bonds is 10. The number of amides is 2. The van der Waals surface area contributed by atoms with Crippen molar-refractivity contribution < 1.29 is 24.2 Å². The van der Waals surface area contributed by atoms with Crippen LogP contribution in [-0.2, 0) is 20.9 Å². The quantitative estimate of drug-likeness (QED) is 0.332. The van der Waals surface area contributed by atoms with E-state index in [9.17, 15) is 19.5 Å². The van der Waals surface area contributed by atoms with E-state index in [1.54, 1.807) is 0 Å². The number of carboxylic acids is 1. The second-order valence-electron chi connectivity index (χ2n) is 10.9. The van der Waals surface area contributed by atoms with Gasteiger partial charge in [-0.1, -0.05) is 85.3 Å². The van der Waals surface area contributed by atoms with Crippen LogP contribution in [0.25, 0.3) is 11.1 Å². The maximum Gasteiger partial charge on any atom is 0.407 e. The van der Waals surface area contributed by atoms with E-state index >= 15 is 0 Å². The number of benzene rings is 3. The summed E-state index contributed by atoms with van der Waals surface area (Å²) < 4.78 is 5.55. The Kier molecular flexibility index (Phi) is 9.31. The molecule has 1 heterocycles. The van der Waals surface area contributed by atoms with E-state index in [1.807, 2.05) is 54.6 Å². The first-order valence-electron chi connectivity index (χ1n) is 14.3. The first-order valence-corrected chi connectivity index (χ1v) is 14.3. The smallest absolute Gasteiger partial charge is 0.407 e. The van der Waals surface area contributed by atoms with Crippen LogP contribution in [0.1, 0.15) is 48.3 Å². The molecule has 2 aliphatic rings. The Bertz CT molecular complexity index is 1320. The molecular weight excluding hydrogens is 518 g/mol. The number of likely N-dealkylation sites (tertiary alicyclic amines) is 1. The molecule has 1 fully saturated rings. The lowest BCUT2D eigenvalue weighted by molar-refractivity contribution is -0.139. The summed E-state index contributed by atoms with van der Waals surface area (Å²) in [7, 11) is 0. The molecule has 0 spiro atoms. The van der Waals surface area contributed by atoms with Crippen molar-refractivity contribution in [2.75, 3.05) is 26.2 Å². The lowest BCUT2D eigenvalue weighted by Gasteiger charge is -2.25. The molecule has 1 aliphatic carbocycles. The highest BCUT2D eigenvalue weighted by Crippen LogP contribution is 2.44. The summed E-state index contributed by atoms with van der Waals surface area (Å²) in [5.41, 5.74) is 5.63. The topological polar surface area (TPSA) is 108 Å². The first kappa shape index (κ1) is 28.4. The standard InChI is InChI=1S/C33H37N3O5/c37-31(38)18-30(32(39)34-19-24-12-8-9-17-36(21-24)20-23-10-2-1-3-11-23)35-33(40)41-22-29-27-15-6-4-13-25(27)26-14-5-7-16-28(26)29/h1-7,10-11,13-16,24,29-30H,8-9,12,17-22H2,(H,34,39)(H,35,40)(H,37,38).